The van der Waals surface area contributed by atoms with E-state index in [0.29, 0.717) is 0 Å². The van der Waals surface area contributed by atoms with Gasteiger partial charge in [0.15, 0.2) is 0 Å². The summed E-state index contributed by atoms with van der Waals surface area (Å²) < 4.78 is 0. The lowest BCUT2D eigenvalue weighted by molar-refractivity contribution is 0.413. The number of rotatable bonds is 5. The van der Waals surface area contributed by atoms with Crippen molar-refractivity contribution < 1.29 is 4.79 Å². The molecule has 2 rings (SSSR count). The van der Waals surface area contributed by atoms with Crippen molar-refractivity contribution in [1.82, 2.24) is 4.90 Å². The third kappa shape index (κ3) is 3.31. The first kappa shape index (κ1) is 14.0. The Morgan fingerprint density at radius 3 is 2.37 bits per heavy atom. The van der Waals surface area contributed by atoms with Crippen molar-refractivity contribution in [1.29, 1.82) is 0 Å². The van der Waals surface area contributed by atoms with Gasteiger partial charge in [-0.3, -0.25) is 0 Å². The van der Waals surface area contributed by atoms with Crippen molar-refractivity contribution in [3.63, 3.8) is 0 Å². The lowest BCUT2D eigenvalue weighted by Crippen LogP contribution is -2.19. The van der Waals surface area contributed by atoms with Crippen LogP contribution in [0.15, 0.2) is 29.3 Å². The summed E-state index contributed by atoms with van der Waals surface area (Å²) in [4.78, 5) is 17.0. The van der Waals surface area contributed by atoms with Crippen LogP contribution in [0.25, 0.3) is 0 Å². The number of carbonyl (C=O) groups excluding carboxylic acids is 1. The van der Waals surface area contributed by atoms with Crippen LogP contribution in [-0.4, -0.2) is 31.6 Å². The number of isocyanates is 1. The van der Waals surface area contributed by atoms with E-state index in [9.17, 15) is 4.79 Å². The molecule has 0 aliphatic heterocycles. The molecule has 3 nitrogen and oxygen atoms in total. The van der Waals surface area contributed by atoms with E-state index in [1.54, 1.807) is 6.08 Å². The molecule has 1 aliphatic rings. The van der Waals surface area contributed by atoms with Crippen molar-refractivity contribution in [2.75, 3.05) is 20.6 Å². The summed E-state index contributed by atoms with van der Waals surface area (Å²) in [5.41, 5.74) is 2.21. The normalized spacial score (nSPS) is 17.4. The summed E-state index contributed by atoms with van der Waals surface area (Å²) in [7, 11) is 4.17. The van der Waals surface area contributed by atoms with E-state index in [1.807, 2.05) is 0 Å². The van der Waals surface area contributed by atoms with Crippen LogP contribution in [0.1, 0.15) is 36.8 Å². The molecule has 0 N–H and O–H groups in total. The zero-order chi connectivity index (χ0) is 13.7. The van der Waals surface area contributed by atoms with Crippen molar-refractivity contribution in [3.05, 3.63) is 35.4 Å². The molecule has 1 aromatic rings. The zero-order valence-electron chi connectivity index (χ0n) is 11.9. The minimum absolute atomic E-state index is 0.290. The minimum atomic E-state index is -0.290. The standard InChI is InChI=1S/C16H22N2O/c1-18(2)12-9-14-5-7-15(8-6-14)16(17-13-19)10-3-4-11-16/h5-8H,3-4,9-12H2,1-2H3. The van der Waals surface area contributed by atoms with Gasteiger partial charge in [-0.05, 0) is 44.5 Å². The topological polar surface area (TPSA) is 32.7 Å². The third-order valence-electron chi connectivity index (χ3n) is 4.03. The summed E-state index contributed by atoms with van der Waals surface area (Å²) >= 11 is 0. The third-order valence-corrected chi connectivity index (χ3v) is 4.03. The maximum absolute atomic E-state index is 10.7. The first-order chi connectivity index (χ1) is 9.16. The van der Waals surface area contributed by atoms with Gasteiger partial charge in [0, 0.05) is 6.54 Å². The van der Waals surface area contributed by atoms with E-state index in [0.717, 1.165) is 38.6 Å². The molecule has 0 heterocycles. The molecule has 1 aromatic carbocycles. The summed E-state index contributed by atoms with van der Waals surface area (Å²) in [5, 5.41) is 0. The van der Waals surface area contributed by atoms with E-state index in [1.165, 1.54) is 11.1 Å². The van der Waals surface area contributed by atoms with E-state index in [2.05, 4.69) is 48.3 Å². The molecule has 3 heteroatoms. The number of hydrogen-bond donors (Lipinski definition) is 0. The van der Waals surface area contributed by atoms with Crippen molar-refractivity contribution in [2.45, 2.75) is 37.6 Å². The highest BCUT2D eigenvalue weighted by Crippen LogP contribution is 2.42. The van der Waals surface area contributed by atoms with Gasteiger partial charge < -0.3 is 4.90 Å². The Morgan fingerprint density at radius 1 is 1.21 bits per heavy atom. The van der Waals surface area contributed by atoms with Gasteiger partial charge in [0.05, 0.1) is 5.54 Å². The fraction of sp³-hybridized carbons (Fsp3) is 0.562. The SMILES string of the molecule is CN(C)CCc1ccc(C2(N=C=O)CCCC2)cc1. The van der Waals surface area contributed by atoms with Gasteiger partial charge >= 0.3 is 0 Å². The molecule has 19 heavy (non-hydrogen) atoms. The highest BCUT2D eigenvalue weighted by atomic mass is 16.1. The second-order valence-corrected chi connectivity index (χ2v) is 5.69. The molecular formula is C16H22N2O. The van der Waals surface area contributed by atoms with Crippen LogP contribution in [0.3, 0.4) is 0 Å². The number of nitrogens with zero attached hydrogens (tertiary/aromatic N) is 2. The monoisotopic (exact) mass is 258 g/mol. The average Bonchev–Trinajstić information content (AvgIpc) is 2.87. The van der Waals surface area contributed by atoms with Crippen LogP contribution in [0.5, 0.6) is 0 Å². The van der Waals surface area contributed by atoms with Gasteiger partial charge in [-0.25, -0.2) is 4.79 Å². The second kappa shape index (κ2) is 6.14. The maximum atomic E-state index is 10.7. The van der Waals surface area contributed by atoms with Gasteiger partial charge in [-0.15, -0.1) is 0 Å². The molecule has 1 fully saturated rings. The van der Waals surface area contributed by atoms with Gasteiger partial charge in [-0.2, -0.15) is 4.99 Å². The molecule has 0 unspecified atom stereocenters. The van der Waals surface area contributed by atoms with E-state index < -0.39 is 0 Å². The molecule has 0 atom stereocenters. The molecule has 1 aliphatic carbocycles. The van der Waals surface area contributed by atoms with Gasteiger partial charge in [0.2, 0.25) is 6.08 Å². The number of aliphatic imine (C=N–C) groups is 1. The average molecular weight is 258 g/mol. The number of benzene rings is 1. The van der Waals surface area contributed by atoms with Gasteiger partial charge in [0.1, 0.15) is 0 Å². The Morgan fingerprint density at radius 2 is 1.84 bits per heavy atom. The Hall–Kier alpha value is -1.44. The smallest absolute Gasteiger partial charge is 0.235 e. The van der Waals surface area contributed by atoms with Crippen LogP contribution >= 0.6 is 0 Å². The van der Waals surface area contributed by atoms with E-state index in [-0.39, 0.29) is 5.54 Å². The minimum Gasteiger partial charge on any atom is -0.309 e. The predicted molar refractivity (Wildman–Crippen MR) is 77.0 cm³/mol. The first-order valence-corrected chi connectivity index (χ1v) is 6.99. The van der Waals surface area contributed by atoms with Gasteiger partial charge in [0.25, 0.3) is 0 Å². The fourth-order valence-corrected chi connectivity index (χ4v) is 2.85. The summed E-state index contributed by atoms with van der Waals surface area (Å²) in [6.45, 7) is 1.05. The van der Waals surface area contributed by atoms with Gasteiger partial charge in [-0.1, -0.05) is 37.1 Å². The molecule has 1 saturated carbocycles. The molecule has 0 aromatic heterocycles. The van der Waals surface area contributed by atoms with E-state index in [4.69, 9.17) is 0 Å². The molecule has 0 saturated heterocycles. The highest BCUT2D eigenvalue weighted by molar-refractivity contribution is 5.39. The fourth-order valence-electron chi connectivity index (χ4n) is 2.85. The quantitative estimate of drug-likeness (QED) is 0.601. The Balaban J connectivity index is 2.14. The van der Waals surface area contributed by atoms with E-state index >= 15 is 0 Å². The van der Waals surface area contributed by atoms with Crippen LogP contribution in [0, 0.1) is 0 Å². The molecule has 102 valence electrons. The lowest BCUT2D eigenvalue weighted by atomic mass is 9.88. The number of hydrogen-bond acceptors (Lipinski definition) is 3. The maximum Gasteiger partial charge on any atom is 0.235 e. The van der Waals surface area contributed by atoms with Crippen LogP contribution in [-0.2, 0) is 16.8 Å². The first-order valence-electron chi connectivity index (χ1n) is 6.99. The molecule has 0 radical (unpaired) electrons. The molecular weight excluding hydrogens is 236 g/mol. The van der Waals surface area contributed by atoms with Crippen molar-refractivity contribution in [3.8, 4) is 0 Å². The lowest BCUT2D eigenvalue weighted by Gasteiger charge is -2.23. The van der Waals surface area contributed by atoms with Crippen molar-refractivity contribution in [2.24, 2.45) is 4.99 Å². The Kier molecular flexibility index (Phi) is 4.52. The largest absolute Gasteiger partial charge is 0.309 e. The zero-order valence-corrected chi connectivity index (χ0v) is 11.9. The summed E-state index contributed by atoms with van der Waals surface area (Å²) in [6, 6.07) is 8.60. The van der Waals surface area contributed by atoms with Crippen molar-refractivity contribution >= 4 is 6.08 Å². The second-order valence-electron chi connectivity index (χ2n) is 5.69. The molecule has 0 bridgehead atoms. The molecule has 0 spiro atoms. The highest BCUT2D eigenvalue weighted by Gasteiger charge is 2.35. The molecule has 0 amide bonds. The number of likely N-dealkylation sites (N-methyl/N-ethyl adjacent to an activating group) is 1. The predicted octanol–water partition coefficient (Wildman–Crippen LogP) is 2.90. The Bertz CT molecular complexity index is 452. The van der Waals surface area contributed by atoms with Crippen LogP contribution < -0.4 is 0 Å². The Labute approximate surface area is 115 Å². The summed E-state index contributed by atoms with van der Waals surface area (Å²) in [6.07, 6.45) is 7.06. The van der Waals surface area contributed by atoms with Crippen LogP contribution in [0.4, 0.5) is 0 Å². The summed E-state index contributed by atoms with van der Waals surface area (Å²) in [5.74, 6) is 0. The van der Waals surface area contributed by atoms with Crippen LogP contribution in [0.2, 0.25) is 0 Å².